The van der Waals surface area contributed by atoms with Crippen molar-refractivity contribution >= 4 is 62.4 Å². The van der Waals surface area contributed by atoms with Crippen LogP contribution in [0.1, 0.15) is 13.8 Å². The maximum Gasteiger partial charge on any atom is 0.490 e. The molecule has 0 saturated carbocycles. The van der Waals surface area contributed by atoms with Crippen molar-refractivity contribution in [2.45, 2.75) is 32.2 Å². The smallest absolute Gasteiger partial charge is 0.475 e. The second-order valence-electron chi connectivity index (χ2n) is 11.5. The molecule has 3 N–H and O–H groups in total. The monoisotopic (exact) mass is 747 g/mol. The van der Waals surface area contributed by atoms with Gasteiger partial charge in [-0.05, 0) is 59.9 Å². The lowest BCUT2D eigenvalue weighted by molar-refractivity contribution is -0.193. The summed E-state index contributed by atoms with van der Waals surface area (Å²) in [6, 6.07) is 22.7. The summed E-state index contributed by atoms with van der Waals surface area (Å²) in [4.78, 5) is 31.3. The quantitative estimate of drug-likeness (QED) is 0.128. The molecular weight excluding hydrogens is 716 g/mol. The van der Waals surface area contributed by atoms with Crippen molar-refractivity contribution in [3.8, 4) is 11.3 Å². The molecule has 1 aliphatic heterocycles. The Labute approximate surface area is 297 Å². The average molecular weight is 748 g/mol. The molecule has 1 atom stereocenters. The Balaban J connectivity index is 0.000000367. The second kappa shape index (κ2) is 16.6. The van der Waals surface area contributed by atoms with Gasteiger partial charge in [-0.3, -0.25) is 9.97 Å². The van der Waals surface area contributed by atoms with E-state index in [0.29, 0.717) is 5.92 Å². The van der Waals surface area contributed by atoms with Crippen LogP contribution in [-0.2, 0) is 9.59 Å². The number of hydrogen-bond donors (Lipinski definition) is 3. The third kappa shape index (κ3) is 9.99. The van der Waals surface area contributed by atoms with E-state index in [1.807, 2.05) is 55.0 Å². The van der Waals surface area contributed by atoms with E-state index >= 15 is 0 Å². The van der Waals surface area contributed by atoms with E-state index in [4.69, 9.17) is 32.0 Å². The molecule has 11 nitrogen and oxygen atoms in total. The fourth-order valence-corrected chi connectivity index (χ4v) is 5.54. The topological polar surface area (TPSA) is 145 Å². The minimum absolute atomic E-state index is 0.237. The number of nitrogens with one attached hydrogen (secondary N) is 1. The van der Waals surface area contributed by atoms with Gasteiger partial charge in [-0.1, -0.05) is 44.2 Å². The molecule has 18 heteroatoms. The molecule has 1 fully saturated rings. The Hall–Kier alpha value is -5.65. The van der Waals surface area contributed by atoms with Crippen molar-refractivity contribution in [2.75, 3.05) is 29.9 Å². The van der Waals surface area contributed by atoms with E-state index in [2.05, 4.69) is 79.5 Å². The maximum absolute atomic E-state index is 10.6. The van der Waals surface area contributed by atoms with Gasteiger partial charge in [-0.15, -0.1) is 10.2 Å². The van der Waals surface area contributed by atoms with Gasteiger partial charge in [0.2, 0.25) is 0 Å². The number of aromatic nitrogens is 4. The maximum atomic E-state index is 10.6. The molecule has 0 aliphatic carbocycles. The zero-order valence-corrected chi connectivity index (χ0v) is 28.2. The van der Waals surface area contributed by atoms with Crippen LogP contribution in [0, 0.1) is 5.92 Å². The predicted octanol–water partition coefficient (Wildman–Crippen LogP) is 7.05. The molecule has 0 amide bonds. The number of carboxylic acids is 2. The average Bonchev–Trinajstić information content (AvgIpc) is 3.11. The van der Waals surface area contributed by atoms with Gasteiger partial charge in [0.05, 0.1) is 17.3 Å². The highest BCUT2D eigenvalue weighted by molar-refractivity contribution is 7.80. The third-order valence-electron chi connectivity index (χ3n) is 7.74. The molecule has 1 aliphatic rings. The first kappa shape index (κ1) is 39.1. The summed E-state index contributed by atoms with van der Waals surface area (Å²) in [7, 11) is 0. The van der Waals surface area contributed by atoms with E-state index < -0.39 is 24.3 Å². The third-order valence-corrected chi connectivity index (χ3v) is 8.08. The number of piperazine rings is 1. The number of nitrogens with zero attached hydrogens (tertiary/aromatic N) is 6. The van der Waals surface area contributed by atoms with Gasteiger partial charge in [0, 0.05) is 60.2 Å². The first-order valence-corrected chi connectivity index (χ1v) is 15.8. The van der Waals surface area contributed by atoms with Gasteiger partial charge in [0.25, 0.3) is 0 Å². The number of benzene rings is 2. The van der Waals surface area contributed by atoms with Gasteiger partial charge >= 0.3 is 24.3 Å². The first-order valence-electron chi connectivity index (χ1n) is 15.4. The molecule has 0 radical (unpaired) electrons. The SMILES string of the molecule is CC(C)C1CN(c2ccc(-c3cncc4ccccc34)nn2)CCN1C(=S)Nc1cccc2ncccc12.O=C(O)C(F)(F)F.O=C(O)C(F)(F)F. The summed E-state index contributed by atoms with van der Waals surface area (Å²) >= 11 is 5.92. The van der Waals surface area contributed by atoms with Gasteiger partial charge in [0.15, 0.2) is 10.9 Å². The molecule has 2 aromatic carbocycles. The van der Waals surface area contributed by atoms with E-state index in [9.17, 15) is 26.3 Å². The number of rotatable bonds is 4. The Morgan fingerprint density at radius 2 is 1.50 bits per heavy atom. The summed E-state index contributed by atoms with van der Waals surface area (Å²) in [6.45, 7) is 6.92. The van der Waals surface area contributed by atoms with E-state index in [-0.39, 0.29) is 6.04 Å². The molecule has 52 heavy (non-hydrogen) atoms. The van der Waals surface area contributed by atoms with E-state index in [0.717, 1.165) is 69.2 Å². The lowest BCUT2D eigenvalue weighted by Gasteiger charge is -2.45. The Kier molecular flexibility index (Phi) is 12.5. The second-order valence-corrected chi connectivity index (χ2v) is 11.9. The Morgan fingerprint density at radius 1 is 0.846 bits per heavy atom. The van der Waals surface area contributed by atoms with Crippen LogP contribution in [0.3, 0.4) is 0 Å². The molecule has 1 saturated heterocycles. The Morgan fingerprint density at radius 3 is 2.12 bits per heavy atom. The minimum Gasteiger partial charge on any atom is -0.475 e. The van der Waals surface area contributed by atoms with Crippen LogP contribution >= 0.6 is 12.2 Å². The normalized spacial score (nSPS) is 14.6. The van der Waals surface area contributed by atoms with Crippen molar-refractivity contribution < 1.29 is 46.1 Å². The van der Waals surface area contributed by atoms with Crippen molar-refractivity contribution in [3.63, 3.8) is 0 Å². The Bertz CT molecular complexity index is 2000. The van der Waals surface area contributed by atoms with Crippen LogP contribution in [0.15, 0.2) is 85.3 Å². The van der Waals surface area contributed by atoms with Gasteiger partial charge < -0.3 is 25.3 Å². The lowest BCUT2D eigenvalue weighted by atomic mass is 10.00. The highest BCUT2D eigenvalue weighted by atomic mass is 32.1. The van der Waals surface area contributed by atoms with E-state index in [1.165, 1.54) is 0 Å². The zero-order chi connectivity index (χ0) is 38.2. The first-order chi connectivity index (χ1) is 24.5. The van der Waals surface area contributed by atoms with Gasteiger partial charge in [0.1, 0.15) is 0 Å². The molecule has 0 bridgehead atoms. The van der Waals surface area contributed by atoms with Crippen LogP contribution in [-0.4, -0.2) is 90.4 Å². The summed E-state index contributed by atoms with van der Waals surface area (Å²) in [5, 5.41) is 31.0. The number of aliphatic carboxylic acids is 2. The molecular formula is C34H31F6N7O4S. The lowest BCUT2D eigenvalue weighted by Crippen LogP contribution is -2.58. The largest absolute Gasteiger partial charge is 0.490 e. The van der Waals surface area contributed by atoms with E-state index in [1.54, 1.807) is 0 Å². The van der Waals surface area contributed by atoms with Crippen molar-refractivity contribution in [1.82, 2.24) is 25.1 Å². The fraction of sp³-hybridized carbons (Fsp3) is 0.265. The fourth-order valence-electron chi connectivity index (χ4n) is 5.20. The highest BCUT2D eigenvalue weighted by Crippen LogP contribution is 2.28. The molecule has 5 aromatic rings. The van der Waals surface area contributed by atoms with Crippen LogP contribution in [0.5, 0.6) is 0 Å². The number of carbonyl (C=O) groups is 2. The molecule has 1 unspecified atom stereocenters. The molecule has 0 spiro atoms. The molecule has 6 rings (SSSR count). The van der Waals surface area contributed by atoms with Crippen molar-refractivity contribution in [1.29, 1.82) is 0 Å². The highest BCUT2D eigenvalue weighted by Gasteiger charge is 2.39. The number of alkyl halides is 6. The van der Waals surface area contributed by atoms with Crippen LogP contribution in [0.2, 0.25) is 0 Å². The summed E-state index contributed by atoms with van der Waals surface area (Å²) in [6.07, 6.45) is -4.62. The predicted molar refractivity (Wildman–Crippen MR) is 186 cm³/mol. The zero-order valence-electron chi connectivity index (χ0n) is 27.4. The molecule has 3 aromatic heterocycles. The number of thiocarbonyl (C=S) groups is 1. The number of pyridine rings is 2. The molecule has 274 valence electrons. The van der Waals surface area contributed by atoms with Crippen LogP contribution < -0.4 is 10.2 Å². The number of anilines is 2. The molecule has 4 heterocycles. The number of fused-ring (bicyclic) bond motifs is 2. The summed E-state index contributed by atoms with van der Waals surface area (Å²) < 4.78 is 63.5. The number of hydrogen-bond acceptors (Lipinski definition) is 8. The summed E-state index contributed by atoms with van der Waals surface area (Å²) in [5.41, 5.74) is 3.75. The van der Waals surface area contributed by atoms with Gasteiger partial charge in [-0.2, -0.15) is 26.3 Å². The van der Waals surface area contributed by atoms with Crippen molar-refractivity contribution in [3.05, 3.63) is 85.3 Å². The van der Waals surface area contributed by atoms with Crippen molar-refractivity contribution in [2.24, 2.45) is 5.92 Å². The number of halogens is 6. The standard InChI is InChI=1S/C30H29N7S.2C2HF3O2/c1-20(2)28-19-36(15-16-37(28)30(38)33-26-11-5-10-25-23(26)9-6-14-32-25)29-13-12-27(34-35-29)24-18-31-17-21-7-3-4-8-22(21)24;2*3-2(4,5)1(6)7/h3-14,17-18,20,28H,15-16,19H2,1-2H3,(H,33,38);2*(H,6,7). The summed E-state index contributed by atoms with van der Waals surface area (Å²) in [5.74, 6) is -4.23. The number of carboxylic acid groups (broad SMARTS) is 2. The van der Waals surface area contributed by atoms with Gasteiger partial charge in [-0.25, -0.2) is 9.59 Å². The van der Waals surface area contributed by atoms with Crippen LogP contribution in [0.25, 0.3) is 32.9 Å². The van der Waals surface area contributed by atoms with Crippen LogP contribution in [0.4, 0.5) is 37.8 Å². The minimum atomic E-state index is -5.08.